The first-order valence-corrected chi connectivity index (χ1v) is 15.6. The smallest absolute Gasteiger partial charge is 0.238 e. The summed E-state index contributed by atoms with van der Waals surface area (Å²) in [4.78, 5) is 33.0. The van der Waals surface area contributed by atoms with Gasteiger partial charge in [-0.3, -0.25) is 28.5 Å². The molecule has 5 N–H and O–H groups in total. The summed E-state index contributed by atoms with van der Waals surface area (Å²) in [5.74, 6) is 5.80. The first-order chi connectivity index (χ1) is 14.7. The minimum absolute atomic E-state index is 0.218. The quantitative estimate of drug-likeness (QED) is 0.352. The second kappa shape index (κ2) is 14.0. The Morgan fingerprint density at radius 2 is 1.15 bits per heavy atom. The monoisotopic (exact) mass is 548 g/mol. The van der Waals surface area contributed by atoms with E-state index >= 15 is 0 Å². The van der Waals surface area contributed by atoms with E-state index in [2.05, 4.69) is 16.5 Å². The van der Waals surface area contributed by atoms with Crippen LogP contribution in [0, 0.1) is 10.8 Å². The van der Waals surface area contributed by atoms with Crippen LogP contribution < -0.4 is 19.3 Å². The molecule has 14 heteroatoms. The number of carbonyl (C=O) groups excluding carboxylic acids is 3. The number of carbonyl (C=O) groups is 3. The number of rotatable bonds is 6. The van der Waals surface area contributed by atoms with Crippen LogP contribution >= 0.6 is 0 Å². The van der Waals surface area contributed by atoms with Gasteiger partial charge in [0.25, 0.3) is 0 Å². The molecule has 0 spiro atoms. The molecule has 2 unspecified atom stereocenters. The lowest BCUT2D eigenvalue weighted by molar-refractivity contribution is -0.127. The molecule has 0 saturated carbocycles. The predicted molar refractivity (Wildman–Crippen MR) is 143 cm³/mol. The fourth-order valence-corrected chi connectivity index (χ4v) is 3.18. The number of nitrogens with one attached hydrogen (secondary N) is 3. The molecular weight excluding hydrogens is 504 g/mol. The Morgan fingerprint density at radius 3 is 1.35 bits per heavy atom. The van der Waals surface area contributed by atoms with Crippen molar-refractivity contribution >= 4 is 59.1 Å². The summed E-state index contributed by atoms with van der Waals surface area (Å²) < 4.78 is 50.8. The summed E-state index contributed by atoms with van der Waals surface area (Å²) in [6.45, 7) is 16.7. The average Bonchev–Trinajstić information content (AvgIpc) is 2.58. The van der Waals surface area contributed by atoms with Crippen molar-refractivity contribution in [1.82, 2.24) is 14.2 Å². The van der Waals surface area contributed by atoms with E-state index in [1.165, 1.54) is 13.8 Å². The standard InChI is InChI=1S/C8H17NO3S.C8H17NO2S.C4H10N2O2S/c1-6(2)13(11,12)9-7(10)8(3,4)5;1-6-12(5,11)9-7(10)8(2,3)4;1-3-4(7)6-9(2,5)8/h6H,1-5H3,(H,9,10);5-6H2,1-4H3,(H,9,10,11);2-3H2,1H3,(H3,5,6,7,8). The van der Waals surface area contributed by atoms with Gasteiger partial charge in [-0.15, -0.1) is 0 Å². The summed E-state index contributed by atoms with van der Waals surface area (Å²) in [6.07, 6.45) is 0.268. The van der Waals surface area contributed by atoms with Crippen molar-refractivity contribution in [2.45, 2.75) is 80.9 Å². The van der Waals surface area contributed by atoms with Gasteiger partial charge in [0.1, 0.15) is 9.89 Å². The molecule has 3 amide bonds. The van der Waals surface area contributed by atoms with E-state index in [-0.39, 0.29) is 18.2 Å². The largest absolute Gasteiger partial charge is 0.283 e. The maximum Gasteiger partial charge on any atom is 0.238 e. The zero-order chi connectivity index (χ0) is 28.3. The number of nitrogens with two attached hydrogens (primary N) is 1. The third kappa shape index (κ3) is 19.8. The maximum atomic E-state index is 11.4. The lowest BCUT2D eigenvalue weighted by Crippen LogP contribution is -2.42. The van der Waals surface area contributed by atoms with Crippen LogP contribution in [-0.2, 0) is 44.0 Å². The summed E-state index contributed by atoms with van der Waals surface area (Å²) in [7, 11) is -8.72. The molecule has 0 saturated heterocycles. The van der Waals surface area contributed by atoms with E-state index in [1.807, 2.05) is 9.44 Å². The highest BCUT2D eigenvalue weighted by Crippen LogP contribution is 2.14. The van der Waals surface area contributed by atoms with Crippen molar-refractivity contribution < 1.29 is 31.2 Å². The molecule has 11 nitrogen and oxygen atoms in total. The molecule has 0 heterocycles. The average molecular weight is 549 g/mol. The highest BCUT2D eigenvalue weighted by Gasteiger charge is 2.27. The molecule has 0 radical (unpaired) electrons. The number of amides is 3. The molecule has 0 aromatic rings. The van der Waals surface area contributed by atoms with Crippen molar-refractivity contribution in [2.24, 2.45) is 16.0 Å². The molecule has 0 aliphatic rings. The third-order valence-corrected chi connectivity index (χ3v) is 7.34. The van der Waals surface area contributed by atoms with Gasteiger partial charge in [-0.1, -0.05) is 55.4 Å². The molecule has 34 heavy (non-hydrogen) atoms. The molecule has 0 aromatic carbocycles. The van der Waals surface area contributed by atoms with Crippen LogP contribution in [0.25, 0.3) is 0 Å². The van der Waals surface area contributed by atoms with E-state index < -0.39 is 51.6 Å². The van der Waals surface area contributed by atoms with Crippen LogP contribution in [0.5, 0.6) is 0 Å². The zero-order valence-corrected chi connectivity index (χ0v) is 24.5. The Balaban J connectivity index is -0.000000431. The predicted octanol–water partition coefficient (Wildman–Crippen LogP) is 0.705. The fraction of sp³-hybridized carbons (Fsp3) is 0.750. The summed E-state index contributed by atoms with van der Waals surface area (Å²) in [5, 5.41) is 4.31. The van der Waals surface area contributed by atoms with Gasteiger partial charge in [-0.2, -0.15) is 0 Å². The lowest BCUT2D eigenvalue weighted by atomic mass is 9.96. The van der Waals surface area contributed by atoms with Gasteiger partial charge in [0.05, 0.1) is 5.25 Å². The minimum atomic E-state index is -3.48. The van der Waals surface area contributed by atoms with Gasteiger partial charge in [0.15, 0.2) is 0 Å². The highest BCUT2D eigenvalue weighted by molar-refractivity contribution is 7.99. The van der Waals surface area contributed by atoms with Crippen LogP contribution in [-0.4, -0.2) is 57.3 Å². The Morgan fingerprint density at radius 1 is 0.794 bits per heavy atom. The first-order valence-electron chi connectivity index (χ1n) is 10.4. The Hall–Kier alpha value is -1.64. The summed E-state index contributed by atoms with van der Waals surface area (Å²) >= 11 is 0. The van der Waals surface area contributed by atoms with Crippen molar-refractivity contribution in [2.75, 3.05) is 5.75 Å². The second-order valence-electron chi connectivity index (χ2n) is 9.66. The third-order valence-electron chi connectivity index (χ3n) is 3.57. The van der Waals surface area contributed by atoms with Gasteiger partial charge in [0, 0.05) is 32.7 Å². The molecule has 0 rings (SSSR count). The molecule has 0 bridgehead atoms. The van der Waals surface area contributed by atoms with Crippen molar-refractivity contribution in [3.8, 4) is 0 Å². The van der Waals surface area contributed by atoms with Crippen molar-refractivity contribution in [1.29, 1.82) is 0 Å². The molecule has 0 aliphatic carbocycles. The summed E-state index contributed by atoms with van der Waals surface area (Å²) in [5.41, 5.74) is -1.18. The minimum Gasteiger partial charge on any atom is -0.283 e. The van der Waals surface area contributed by atoms with E-state index in [0.29, 0.717) is 5.75 Å². The molecule has 2 atom stereocenters. The molecular formula is C20H44N4O7S3. The van der Waals surface area contributed by atoms with Gasteiger partial charge in [0.2, 0.25) is 27.7 Å². The number of hydrogen-bond acceptors (Lipinski definition) is 7. The normalized spacial score (nSPS) is 15.2. The van der Waals surface area contributed by atoms with Crippen LogP contribution in [0.1, 0.15) is 75.7 Å². The van der Waals surface area contributed by atoms with Gasteiger partial charge in [-0.25, -0.2) is 22.0 Å². The lowest BCUT2D eigenvalue weighted by Gasteiger charge is -2.19. The molecule has 204 valence electrons. The number of sulfonamides is 1. The van der Waals surface area contributed by atoms with Crippen molar-refractivity contribution in [3.05, 3.63) is 0 Å². The second-order valence-corrected chi connectivity index (χ2v) is 16.0. The first kappa shape index (κ1) is 36.9. The maximum absolute atomic E-state index is 11.4. The van der Waals surface area contributed by atoms with Crippen LogP contribution in [0.15, 0.2) is 0 Å². The van der Waals surface area contributed by atoms with Gasteiger partial charge >= 0.3 is 0 Å². The molecule has 0 fully saturated rings. The van der Waals surface area contributed by atoms with Gasteiger partial charge < -0.3 is 0 Å². The van der Waals surface area contributed by atoms with E-state index in [1.54, 1.807) is 55.4 Å². The Labute approximate surface area is 206 Å². The van der Waals surface area contributed by atoms with Crippen LogP contribution in [0.2, 0.25) is 0 Å². The number of hydrogen-bond donors (Lipinski definition) is 4. The SMILES string of the molecule is C=S(=O)(CC)NC(=O)C(C)(C)C.C=S(N)(=O)NC(=O)CC.CC(C)S(=O)(=O)NC(=O)C(C)(C)C. The molecule has 0 aromatic heterocycles. The molecule has 0 aliphatic heterocycles. The highest BCUT2D eigenvalue weighted by atomic mass is 32.2. The fourth-order valence-electron chi connectivity index (χ4n) is 1.06. The Kier molecular flexibility index (Phi) is 15.3. The van der Waals surface area contributed by atoms with Crippen LogP contribution in [0.3, 0.4) is 0 Å². The Bertz CT molecular complexity index is 1000. The van der Waals surface area contributed by atoms with Crippen molar-refractivity contribution in [3.63, 3.8) is 0 Å². The van der Waals surface area contributed by atoms with E-state index in [4.69, 9.17) is 5.14 Å². The summed E-state index contributed by atoms with van der Waals surface area (Å²) in [6, 6.07) is 0. The van der Waals surface area contributed by atoms with E-state index in [9.17, 15) is 31.2 Å². The van der Waals surface area contributed by atoms with E-state index in [0.717, 1.165) is 0 Å². The topological polar surface area (TPSA) is 182 Å². The van der Waals surface area contributed by atoms with Gasteiger partial charge in [-0.05, 0) is 25.6 Å². The zero-order valence-electron chi connectivity index (χ0n) is 22.1. The van der Waals surface area contributed by atoms with Crippen LogP contribution in [0.4, 0.5) is 0 Å².